The molecule has 0 fully saturated rings. The lowest BCUT2D eigenvalue weighted by atomic mass is 10.1. The monoisotopic (exact) mass is 462 g/mol. The highest BCUT2D eigenvalue weighted by Crippen LogP contribution is 2.17. The first-order chi connectivity index (χ1) is 16.0. The second kappa shape index (κ2) is 14.0. The zero-order chi connectivity index (χ0) is 24.1. The summed E-state index contributed by atoms with van der Waals surface area (Å²) in [5.41, 5.74) is 0.118. The van der Waals surface area contributed by atoms with Gasteiger partial charge in [-0.1, -0.05) is 6.07 Å². The summed E-state index contributed by atoms with van der Waals surface area (Å²) in [6.45, 7) is 6.73. The van der Waals surface area contributed by atoms with Gasteiger partial charge in [0, 0.05) is 57.2 Å². The average molecular weight is 463 g/mol. The number of hydrogen-bond acceptors (Lipinski definition) is 8. The van der Waals surface area contributed by atoms with Crippen molar-refractivity contribution in [2.24, 2.45) is 0 Å². The Morgan fingerprint density at radius 1 is 1.18 bits per heavy atom. The number of rotatable bonds is 15. The lowest BCUT2D eigenvalue weighted by Gasteiger charge is -2.21. The van der Waals surface area contributed by atoms with Crippen LogP contribution in [0.5, 0.6) is 0 Å². The summed E-state index contributed by atoms with van der Waals surface area (Å²) in [5, 5.41) is 13.8. The zero-order valence-corrected chi connectivity index (χ0v) is 19.0. The van der Waals surface area contributed by atoms with Crippen molar-refractivity contribution in [3.8, 4) is 0 Å². The summed E-state index contributed by atoms with van der Waals surface area (Å²) in [6, 6.07) is 5.53. The fraction of sp³-hybridized carbons (Fsp3) is 0.500. The Bertz CT molecular complexity index is 916. The number of non-ortho nitro benzene ring substituents is 1. The number of carbonyl (C=O) groups is 2. The third kappa shape index (κ3) is 8.62. The van der Waals surface area contributed by atoms with Crippen LogP contribution in [0.25, 0.3) is 0 Å². The number of benzene rings is 1. The molecule has 0 radical (unpaired) electrons. The Hall–Kier alpha value is -3.31. The van der Waals surface area contributed by atoms with E-state index in [9.17, 15) is 19.7 Å². The predicted octanol–water partition coefficient (Wildman–Crippen LogP) is 2.81. The van der Waals surface area contributed by atoms with E-state index in [4.69, 9.17) is 13.9 Å². The maximum Gasteiger partial charge on any atom is 0.273 e. The van der Waals surface area contributed by atoms with Crippen LogP contribution in [0.3, 0.4) is 0 Å². The standard InChI is InChI=1S/C22H30N4O7/c1-3-31-12-6-10-23-21(27)19-16-33-20(24-19)15-25(11-7-13-32-4-2)22(28)17-8-5-9-18(14-17)26(29)30/h5,8-9,14,16H,3-4,6-7,10-13,15H2,1-2H3,(H,23,27). The Morgan fingerprint density at radius 2 is 1.91 bits per heavy atom. The zero-order valence-electron chi connectivity index (χ0n) is 19.0. The molecule has 2 amide bonds. The van der Waals surface area contributed by atoms with E-state index in [1.54, 1.807) is 0 Å². The molecule has 1 N–H and O–H groups in total. The number of hydrogen-bond donors (Lipinski definition) is 1. The number of nitrogens with one attached hydrogen (secondary N) is 1. The highest BCUT2D eigenvalue weighted by molar-refractivity contribution is 5.95. The molecular weight excluding hydrogens is 432 g/mol. The molecule has 0 atom stereocenters. The first-order valence-electron chi connectivity index (χ1n) is 10.9. The largest absolute Gasteiger partial charge is 0.446 e. The van der Waals surface area contributed by atoms with Crippen molar-refractivity contribution >= 4 is 17.5 Å². The van der Waals surface area contributed by atoms with Crippen LogP contribution in [0.1, 0.15) is 53.4 Å². The number of oxazole rings is 1. The number of amides is 2. The van der Waals surface area contributed by atoms with Crippen LogP contribution in [0.4, 0.5) is 5.69 Å². The topological polar surface area (TPSA) is 137 Å². The minimum Gasteiger partial charge on any atom is -0.446 e. The Morgan fingerprint density at radius 3 is 2.61 bits per heavy atom. The highest BCUT2D eigenvalue weighted by Gasteiger charge is 2.21. The first-order valence-corrected chi connectivity index (χ1v) is 10.9. The summed E-state index contributed by atoms with van der Waals surface area (Å²) in [6.07, 6.45) is 2.47. The van der Waals surface area contributed by atoms with E-state index in [1.807, 2.05) is 13.8 Å². The van der Waals surface area contributed by atoms with Gasteiger partial charge in [0.25, 0.3) is 17.5 Å². The van der Waals surface area contributed by atoms with Gasteiger partial charge in [-0.15, -0.1) is 0 Å². The van der Waals surface area contributed by atoms with Gasteiger partial charge in [0.2, 0.25) is 5.89 Å². The number of ether oxygens (including phenoxy) is 2. The fourth-order valence-electron chi connectivity index (χ4n) is 2.95. The van der Waals surface area contributed by atoms with Gasteiger partial charge in [-0.05, 0) is 32.8 Å². The summed E-state index contributed by atoms with van der Waals surface area (Å²) in [5.74, 6) is -0.602. The molecule has 2 rings (SSSR count). The molecule has 0 aliphatic carbocycles. The molecule has 1 aromatic heterocycles. The van der Waals surface area contributed by atoms with Crippen molar-refractivity contribution < 1.29 is 28.4 Å². The van der Waals surface area contributed by atoms with Crippen molar-refractivity contribution in [2.45, 2.75) is 33.2 Å². The van der Waals surface area contributed by atoms with Crippen LogP contribution >= 0.6 is 0 Å². The fourth-order valence-corrected chi connectivity index (χ4v) is 2.95. The number of nitro groups is 1. The summed E-state index contributed by atoms with van der Waals surface area (Å²) >= 11 is 0. The number of carbonyl (C=O) groups excluding carboxylic acids is 2. The average Bonchev–Trinajstić information content (AvgIpc) is 3.29. The van der Waals surface area contributed by atoms with E-state index in [-0.39, 0.29) is 35.3 Å². The molecule has 0 saturated heterocycles. The van der Waals surface area contributed by atoms with E-state index in [2.05, 4.69) is 10.3 Å². The molecule has 180 valence electrons. The van der Waals surface area contributed by atoms with Gasteiger partial charge in [-0.2, -0.15) is 0 Å². The quantitative estimate of drug-likeness (QED) is 0.242. The smallest absolute Gasteiger partial charge is 0.273 e. The summed E-state index contributed by atoms with van der Waals surface area (Å²) < 4.78 is 16.0. The molecule has 0 aliphatic heterocycles. The molecule has 0 saturated carbocycles. The number of nitrogens with zero attached hydrogens (tertiary/aromatic N) is 3. The van der Waals surface area contributed by atoms with Gasteiger partial charge in [-0.3, -0.25) is 19.7 Å². The molecule has 0 bridgehead atoms. The molecule has 0 spiro atoms. The van der Waals surface area contributed by atoms with Crippen LogP contribution in [0.2, 0.25) is 0 Å². The van der Waals surface area contributed by atoms with E-state index in [0.29, 0.717) is 52.4 Å². The third-order valence-corrected chi connectivity index (χ3v) is 4.58. The van der Waals surface area contributed by atoms with Crippen LogP contribution in [0.15, 0.2) is 34.9 Å². The molecule has 33 heavy (non-hydrogen) atoms. The normalized spacial score (nSPS) is 10.7. The van der Waals surface area contributed by atoms with Gasteiger partial charge in [0.15, 0.2) is 5.69 Å². The van der Waals surface area contributed by atoms with Crippen molar-refractivity contribution in [2.75, 3.05) is 39.5 Å². The van der Waals surface area contributed by atoms with E-state index in [1.165, 1.54) is 35.4 Å². The molecule has 2 aromatic rings. The number of nitro benzene ring substituents is 1. The molecule has 1 aromatic carbocycles. The summed E-state index contributed by atoms with van der Waals surface area (Å²) in [7, 11) is 0. The van der Waals surface area contributed by atoms with Gasteiger partial charge in [0.05, 0.1) is 11.5 Å². The first kappa shape index (κ1) is 25.9. The van der Waals surface area contributed by atoms with Gasteiger partial charge in [-0.25, -0.2) is 4.98 Å². The van der Waals surface area contributed by atoms with Crippen LogP contribution < -0.4 is 5.32 Å². The maximum absolute atomic E-state index is 13.1. The molecule has 11 heteroatoms. The molecule has 1 heterocycles. The minimum absolute atomic E-state index is 0.00523. The van der Waals surface area contributed by atoms with Crippen molar-refractivity contribution in [1.82, 2.24) is 15.2 Å². The van der Waals surface area contributed by atoms with Crippen LogP contribution in [0, 0.1) is 10.1 Å². The van der Waals surface area contributed by atoms with E-state index < -0.39 is 10.8 Å². The second-order valence-corrected chi connectivity index (χ2v) is 7.02. The molecule has 11 nitrogen and oxygen atoms in total. The van der Waals surface area contributed by atoms with Crippen molar-refractivity contribution in [3.63, 3.8) is 0 Å². The van der Waals surface area contributed by atoms with Gasteiger partial charge in [0.1, 0.15) is 6.26 Å². The lowest BCUT2D eigenvalue weighted by molar-refractivity contribution is -0.384. The molecule has 0 unspecified atom stereocenters. The third-order valence-electron chi connectivity index (χ3n) is 4.58. The summed E-state index contributed by atoms with van der Waals surface area (Å²) in [4.78, 5) is 41.5. The van der Waals surface area contributed by atoms with E-state index in [0.717, 1.165) is 0 Å². The van der Waals surface area contributed by atoms with Crippen molar-refractivity contribution in [1.29, 1.82) is 0 Å². The second-order valence-electron chi connectivity index (χ2n) is 7.02. The maximum atomic E-state index is 13.1. The van der Waals surface area contributed by atoms with Gasteiger partial charge >= 0.3 is 0 Å². The Kier molecular flexibility index (Phi) is 11.0. The molecular formula is C22H30N4O7. The number of aromatic nitrogens is 1. The van der Waals surface area contributed by atoms with Crippen LogP contribution in [-0.4, -0.2) is 66.1 Å². The predicted molar refractivity (Wildman–Crippen MR) is 119 cm³/mol. The van der Waals surface area contributed by atoms with Gasteiger partial charge < -0.3 is 24.1 Å². The van der Waals surface area contributed by atoms with Crippen molar-refractivity contribution in [3.05, 3.63) is 57.8 Å². The van der Waals surface area contributed by atoms with E-state index >= 15 is 0 Å². The Labute approximate surface area is 192 Å². The Balaban J connectivity index is 2.06. The van der Waals surface area contributed by atoms with Crippen LogP contribution in [-0.2, 0) is 16.0 Å². The SMILES string of the molecule is CCOCCCNC(=O)c1coc(CN(CCCOCC)C(=O)c2cccc([N+](=O)[O-])c2)n1. The highest BCUT2D eigenvalue weighted by atomic mass is 16.6. The molecule has 0 aliphatic rings. The lowest BCUT2D eigenvalue weighted by Crippen LogP contribution is -2.32. The minimum atomic E-state index is -0.552.